The molecular weight excluding hydrogens is 474 g/mol. The number of nitrogens with zero attached hydrogens (tertiary/aromatic N) is 1. The average Bonchev–Trinajstić information content (AvgIpc) is 3.18. The summed E-state index contributed by atoms with van der Waals surface area (Å²) >= 11 is 12.6. The lowest BCUT2D eigenvalue weighted by molar-refractivity contribution is -0.154. The van der Waals surface area contributed by atoms with E-state index in [0.29, 0.717) is 17.5 Å². The minimum atomic E-state index is -4.80. The molecule has 0 aliphatic carbocycles. The second-order valence-corrected chi connectivity index (χ2v) is 8.63. The van der Waals surface area contributed by atoms with Crippen LogP contribution in [0.5, 0.6) is 0 Å². The summed E-state index contributed by atoms with van der Waals surface area (Å²) in [5.41, 5.74) is -1.34. The number of nitrogens with one attached hydrogen (secondary N) is 2. The standard InChI is InChI=1S/C20H18Cl2F3N3O4/c1-19(2,15-16(20(23,24)25)32-8-27-15)18(31)26-7-9-5-11(21)14(12(22)6-9)10-3-4-13(29)28-17(10)30/h5-6,8,10H,3-4,7H2,1-2H3,(H,26,31)(H,28,29,30). The molecule has 1 unspecified atom stereocenters. The van der Waals surface area contributed by atoms with E-state index in [1.54, 1.807) is 0 Å². The molecule has 2 N–H and O–H groups in total. The molecule has 1 aliphatic heterocycles. The second kappa shape index (κ2) is 8.74. The Morgan fingerprint density at radius 1 is 1.25 bits per heavy atom. The second-order valence-electron chi connectivity index (χ2n) is 7.81. The number of halogens is 5. The van der Waals surface area contributed by atoms with Gasteiger partial charge in [-0.05, 0) is 38.0 Å². The fourth-order valence-electron chi connectivity index (χ4n) is 3.44. The first-order chi connectivity index (χ1) is 14.8. The van der Waals surface area contributed by atoms with Gasteiger partial charge in [-0.1, -0.05) is 23.2 Å². The smallest absolute Gasteiger partial charge is 0.439 e. The molecule has 1 saturated heterocycles. The maximum atomic E-state index is 13.1. The summed E-state index contributed by atoms with van der Waals surface area (Å²) in [6, 6.07) is 2.99. The average molecular weight is 492 g/mol. The summed E-state index contributed by atoms with van der Waals surface area (Å²) in [5.74, 6) is -3.62. The van der Waals surface area contributed by atoms with Crippen molar-refractivity contribution in [1.82, 2.24) is 15.6 Å². The number of imide groups is 1. The zero-order valence-electron chi connectivity index (χ0n) is 16.9. The first-order valence-corrected chi connectivity index (χ1v) is 10.2. The van der Waals surface area contributed by atoms with Crippen molar-refractivity contribution in [2.24, 2.45) is 0 Å². The number of alkyl halides is 3. The van der Waals surface area contributed by atoms with E-state index in [0.717, 1.165) is 0 Å². The molecule has 1 aromatic heterocycles. The third-order valence-corrected chi connectivity index (χ3v) is 5.79. The fourth-order valence-corrected chi connectivity index (χ4v) is 4.24. The summed E-state index contributed by atoms with van der Waals surface area (Å²) < 4.78 is 43.8. The van der Waals surface area contributed by atoms with Crippen LogP contribution in [0.3, 0.4) is 0 Å². The molecule has 0 radical (unpaired) electrons. The third kappa shape index (κ3) is 4.75. The Bertz CT molecular complexity index is 1060. The molecule has 2 heterocycles. The van der Waals surface area contributed by atoms with Crippen LogP contribution in [-0.2, 0) is 32.5 Å². The van der Waals surface area contributed by atoms with Crippen LogP contribution in [0.4, 0.5) is 13.2 Å². The van der Waals surface area contributed by atoms with Crippen molar-refractivity contribution in [2.45, 2.75) is 50.7 Å². The van der Waals surface area contributed by atoms with Crippen molar-refractivity contribution in [2.75, 3.05) is 0 Å². The Balaban J connectivity index is 1.76. The molecule has 3 rings (SSSR count). The van der Waals surface area contributed by atoms with Crippen LogP contribution in [0.1, 0.15) is 55.2 Å². The zero-order chi connectivity index (χ0) is 23.8. The van der Waals surface area contributed by atoms with Crippen molar-refractivity contribution in [1.29, 1.82) is 0 Å². The summed E-state index contributed by atoms with van der Waals surface area (Å²) in [6.45, 7) is 2.50. The predicted octanol–water partition coefficient (Wildman–Crippen LogP) is 4.11. The number of hydrogen-bond acceptors (Lipinski definition) is 5. The van der Waals surface area contributed by atoms with E-state index in [1.807, 2.05) is 0 Å². The summed E-state index contributed by atoms with van der Waals surface area (Å²) in [7, 11) is 0. The molecule has 32 heavy (non-hydrogen) atoms. The molecule has 1 aliphatic rings. The van der Waals surface area contributed by atoms with Crippen molar-refractivity contribution in [3.63, 3.8) is 0 Å². The van der Waals surface area contributed by atoms with Crippen LogP contribution in [-0.4, -0.2) is 22.7 Å². The van der Waals surface area contributed by atoms with Crippen molar-refractivity contribution < 1.29 is 32.0 Å². The molecule has 7 nitrogen and oxygen atoms in total. The normalized spacial score (nSPS) is 17.3. The topological polar surface area (TPSA) is 101 Å². The number of aromatic nitrogens is 1. The van der Waals surface area contributed by atoms with Crippen LogP contribution in [0, 0.1) is 0 Å². The number of hydrogen-bond donors (Lipinski definition) is 2. The van der Waals surface area contributed by atoms with E-state index < -0.39 is 40.8 Å². The SMILES string of the molecule is CC(C)(C(=O)NCc1cc(Cl)c(C2CCC(=O)NC2=O)c(Cl)c1)c1ncoc1C(F)(F)F. The molecule has 12 heteroatoms. The van der Waals surface area contributed by atoms with Gasteiger partial charge in [-0.3, -0.25) is 19.7 Å². The Morgan fingerprint density at radius 3 is 2.44 bits per heavy atom. The summed E-state index contributed by atoms with van der Waals surface area (Å²) in [5, 5.41) is 5.13. The maximum absolute atomic E-state index is 13.1. The summed E-state index contributed by atoms with van der Waals surface area (Å²) in [6.07, 6.45) is -3.75. The molecule has 0 spiro atoms. The summed E-state index contributed by atoms with van der Waals surface area (Å²) in [4.78, 5) is 39.7. The molecule has 172 valence electrons. The van der Waals surface area contributed by atoms with Gasteiger partial charge >= 0.3 is 6.18 Å². The zero-order valence-corrected chi connectivity index (χ0v) is 18.4. The highest BCUT2D eigenvalue weighted by molar-refractivity contribution is 6.36. The third-order valence-electron chi connectivity index (χ3n) is 5.16. The molecule has 1 atom stereocenters. The number of benzene rings is 1. The van der Waals surface area contributed by atoms with Gasteiger partial charge in [-0.15, -0.1) is 0 Å². The highest BCUT2D eigenvalue weighted by atomic mass is 35.5. The maximum Gasteiger partial charge on any atom is 0.451 e. The lowest BCUT2D eigenvalue weighted by Crippen LogP contribution is -2.41. The molecule has 1 fully saturated rings. The number of carbonyl (C=O) groups is 3. The minimum Gasteiger partial charge on any atom is -0.439 e. The lowest BCUT2D eigenvalue weighted by atomic mass is 9.86. The molecule has 1 aromatic carbocycles. The Morgan fingerprint density at radius 2 is 1.88 bits per heavy atom. The van der Waals surface area contributed by atoms with Gasteiger partial charge in [0.2, 0.25) is 23.5 Å². The van der Waals surface area contributed by atoms with Gasteiger partial charge in [0.15, 0.2) is 6.39 Å². The van der Waals surface area contributed by atoms with Crippen LogP contribution < -0.4 is 10.6 Å². The lowest BCUT2D eigenvalue weighted by Gasteiger charge is -2.24. The van der Waals surface area contributed by atoms with E-state index in [4.69, 9.17) is 23.2 Å². The van der Waals surface area contributed by atoms with Crippen molar-refractivity contribution >= 4 is 40.9 Å². The Kier molecular flexibility index (Phi) is 6.57. The molecule has 3 amide bonds. The van der Waals surface area contributed by atoms with Crippen LogP contribution >= 0.6 is 23.2 Å². The van der Waals surface area contributed by atoms with Crippen LogP contribution in [0.15, 0.2) is 22.9 Å². The predicted molar refractivity (Wildman–Crippen MR) is 108 cm³/mol. The highest BCUT2D eigenvalue weighted by Gasteiger charge is 2.45. The van der Waals surface area contributed by atoms with E-state index >= 15 is 0 Å². The molecule has 0 bridgehead atoms. The van der Waals surface area contributed by atoms with Gasteiger partial charge in [0.1, 0.15) is 5.69 Å². The van der Waals surface area contributed by atoms with Gasteiger partial charge in [-0.2, -0.15) is 13.2 Å². The first kappa shape index (κ1) is 24.1. The van der Waals surface area contributed by atoms with Crippen LogP contribution in [0.2, 0.25) is 10.0 Å². The van der Waals surface area contributed by atoms with E-state index in [1.165, 1.54) is 26.0 Å². The highest BCUT2D eigenvalue weighted by Crippen LogP contribution is 2.38. The largest absolute Gasteiger partial charge is 0.451 e. The molecule has 2 aromatic rings. The quantitative estimate of drug-likeness (QED) is 0.612. The van der Waals surface area contributed by atoms with Gasteiger partial charge in [-0.25, -0.2) is 4.98 Å². The fraction of sp³-hybridized carbons (Fsp3) is 0.400. The Labute approximate surface area is 190 Å². The van der Waals surface area contributed by atoms with E-state index in [9.17, 15) is 27.6 Å². The molecule has 0 saturated carbocycles. The van der Waals surface area contributed by atoms with Crippen molar-refractivity contribution in [3.05, 3.63) is 51.2 Å². The van der Waals surface area contributed by atoms with Crippen LogP contribution in [0.25, 0.3) is 0 Å². The van der Waals surface area contributed by atoms with Crippen molar-refractivity contribution in [3.8, 4) is 0 Å². The number of piperidine rings is 1. The number of oxazole rings is 1. The Hall–Kier alpha value is -2.59. The van der Waals surface area contributed by atoms with Gasteiger partial charge < -0.3 is 9.73 Å². The number of amides is 3. The van der Waals surface area contributed by atoms with Gasteiger partial charge in [0.05, 0.1) is 11.3 Å². The van der Waals surface area contributed by atoms with Gasteiger partial charge in [0.25, 0.3) is 0 Å². The van der Waals surface area contributed by atoms with Gasteiger partial charge in [0, 0.05) is 28.6 Å². The van der Waals surface area contributed by atoms with E-state index in [2.05, 4.69) is 20.0 Å². The van der Waals surface area contributed by atoms with E-state index in [-0.39, 0.29) is 35.3 Å². The minimum absolute atomic E-state index is 0.0868. The monoisotopic (exact) mass is 491 g/mol. The number of rotatable bonds is 5. The molecular formula is C20H18Cl2F3N3O4. The number of carbonyl (C=O) groups excluding carboxylic acids is 3. The first-order valence-electron chi connectivity index (χ1n) is 9.43.